The first-order valence-electron chi connectivity index (χ1n) is 10.1. The van der Waals surface area contributed by atoms with E-state index in [2.05, 4.69) is 0 Å². The topological polar surface area (TPSA) is 72.9 Å². The minimum absolute atomic E-state index is 0.0369. The second-order valence-electron chi connectivity index (χ2n) is 7.19. The number of carbonyl (C=O) groups is 3. The number of carbonyl (C=O) groups excluding carboxylic acids is 3. The number of amides is 2. The molecule has 0 fully saturated rings. The fourth-order valence-electron chi connectivity index (χ4n) is 3.86. The number of rotatable bonds is 8. The summed E-state index contributed by atoms with van der Waals surface area (Å²) in [5.74, 6) is -2.78. The molecule has 3 aromatic carbocycles. The van der Waals surface area contributed by atoms with Crippen LogP contribution in [-0.4, -0.2) is 37.7 Å². The average Bonchev–Trinajstić information content (AvgIpc) is 3.04. The lowest BCUT2D eigenvalue weighted by molar-refractivity contribution is -0.107. The van der Waals surface area contributed by atoms with Gasteiger partial charge in [-0.3, -0.25) is 9.59 Å². The maximum Gasteiger partial charge on any atom is 0.272 e. The van der Waals surface area contributed by atoms with Gasteiger partial charge in [-0.25, -0.2) is 18.1 Å². The normalized spacial score (nSPS) is 13.1. The molecule has 33 heavy (non-hydrogen) atoms. The largest absolute Gasteiger partial charge is 0.492 e. The van der Waals surface area contributed by atoms with Gasteiger partial charge in [-0.15, -0.1) is 0 Å². The molecule has 0 aliphatic carbocycles. The quantitative estimate of drug-likeness (QED) is 0.366. The highest BCUT2D eigenvalue weighted by atomic mass is 19.3. The predicted molar refractivity (Wildman–Crippen MR) is 114 cm³/mol. The van der Waals surface area contributed by atoms with E-state index in [1.165, 1.54) is 12.1 Å². The van der Waals surface area contributed by atoms with Crippen molar-refractivity contribution < 1.29 is 37.0 Å². The van der Waals surface area contributed by atoms with Crippen molar-refractivity contribution >= 4 is 34.6 Å². The first-order valence-corrected chi connectivity index (χ1v) is 10.1. The first-order chi connectivity index (χ1) is 15.9. The number of alkyl halides is 2. The van der Waals surface area contributed by atoms with Crippen LogP contribution in [0.2, 0.25) is 0 Å². The number of aldehydes is 1. The van der Waals surface area contributed by atoms with Gasteiger partial charge >= 0.3 is 0 Å². The lowest BCUT2D eigenvalue weighted by Crippen LogP contribution is -2.30. The van der Waals surface area contributed by atoms with Gasteiger partial charge in [0.25, 0.3) is 18.2 Å². The van der Waals surface area contributed by atoms with Crippen LogP contribution in [0.15, 0.2) is 42.5 Å². The van der Waals surface area contributed by atoms with Gasteiger partial charge in [-0.05, 0) is 24.6 Å². The maximum atomic E-state index is 14.9. The van der Waals surface area contributed by atoms with E-state index in [1.54, 1.807) is 31.2 Å². The number of anilines is 1. The third-order valence-corrected chi connectivity index (χ3v) is 5.17. The third-order valence-electron chi connectivity index (χ3n) is 5.17. The molecule has 0 N–H and O–H groups in total. The Kier molecular flexibility index (Phi) is 6.04. The molecule has 1 heterocycles. The lowest BCUT2D eigenvalue weighted by Gasteiger charge is -2.16. The Morgan fingerprint density at radius 1 is 0.970 bits per heavy atom. The Hall–Kier alpha value is -3.88. The molecule has 1 aliphatic heterocycles. The van der Waals surface area contributed by atoms with Gasteiger partial charge in [0, 0.05) is 17.2 Å². The Labute approximate surface area is 186 Å². The van der Waals surface area contributed by atoms with Crippen molar-refractivity contribution in [1.29, 1.82) is 0 Å². The molecule has 0 saturated heterocycles. The van der Waals surface area contributed by atoms with Gasteiger partial charge in [0.2, 0.25) is 0 Å². The fraction of sp³-hybridized carbons (Fsp3) is 0.208. The van der Waals surface area contributed by atoms with Crippen LogP contribution >= 0.6 is 0 Å². The van der Waals surface area contributed by atoms with Crippen molar-refractivity contribution in [2.24, 2.45) is 0 Å². The number of hydrogen-bond donors (Lipinski definition) is 0. The van der Waals surface area contributed by atoms with Gasteiger partial charge in [0.05, 0.1) is 23.4 Å². The van der Waals surface area contributed by atoms with Crippen LogP contribution in [0.25, 0.3) is 10.8 Å². The minimum atomic E-state index is -2.82. The van der Waals surface area contributed by atoms with E-state index < -0.39 is 30.7 Å². The van der Waals surface area contributed by atoms with Crippen molar-refractivity contribution in [3.63, 3.8) is 0 Å². The molecule has 6 nitrogen and oxygen atoms in total. The molecular weight excluding hydrogens is 439 g/mol. The summed E-state index contributed by atoms with van der Waals surface area (Å²) in [7, 11) is 0. The fourth-order valence-corrected chi connectivity index (χ4v) is 3.86. The third kappa shape index (κ3) is 3.79. The van der Waals surface area contributed by atoms with E-state index >= 15 is 0 Å². The summed E-state index contributed by atoms with van der Waals surface area (Å²) in [6.07, 6.45) is -2.26. The monoisotopic (exact) mass is 457 g/mol. The molecule has 0 saturated carbocycles. The maximum absolute atomic E-state index is 14.9. The van der Waals surface area contributed by atoms with Gasteiger partial charge in [-0.2, -0.15) is 0 Å². The van der Waals surface area contributed by atoms with E-state index in [0.29, 0.717) is 27.5 Å². The van der Waals surface area contributed by atoms with Crippen LogP contribution in [-0.2, 0) is 11.2 Å². The summed E-state index contributed by atoms with van der Waals surface area (Å²) >= 11 is 0. The molecule has 0 aromatic heterocycles. The van der Waals surface area contributed by atoms with Crippen molar-refractivity contribution in [3.05, 3.63) is 65.0 Å². The summed E-state index contributed by atoms with van der Waals surface area (Å²) in [6.45, 7) is 0.845. The number of imide groups is 1. The van der Waals surface area contributed by atoms with Crippen molar-refractivity contribution in [3.8, 4) is 11.5 Å². The first kappa shape index (κ1) is 22.3. The molecule has 170 valence electrons. The van der Waals surface area contributed by atoms with E-state index in [9.17, 15) is 27.6 Å². The second kappa shape index (κ2) is 8.93. The smallest absolute Gasteiger partial charge is 0.272 e. The number of hydrogen-bond acceptors (Lipinski definition) is 5. The van der Waals surface area contributed by atoms with Gasteiger partial charge < -0.3 is 14.3 Å². The highest BCUT2D eigenvalue weighted by Gasteiger charge is 2.44. The Morgan fingerprint density at radius 2 is 1.58 bits per heavy atom. The van der Waals surface area contributed by atoms with E-state index in [1.807, 2.05) is 0 Å². The number of nitrogens with zero attached hydrogens (tertiary/aromatic N) is 1. The van der Waals surface area contributed by atoms with Crippen LogP contribution in [0.5, 0.6) is 11.5 Å². The van der Waals surface area contributed by atoms with Crippen LogP contribution in [0.3, 0.4) is 0 Å². The molecule has 1 aliphatic rings. The van der Waals surface area contributed by atoms with Crippen LogP contribution in [0.4, 0.5) is 18.9 Å². The zero-order chi connectivity index (χ0) is 23.7. The average molecular weight is 457 g/mol. The Bertz CT molecular complexity index is 1270. The molecule has 0 spiro atoms. The summed E-state index contributed by atoms with van der Waals surface area (Å²) in [4.78, 5) is 38.1. The van der Waals surface area contributed by atoms with Crippen molar-refractivity contribution in [2.75, 3.05) is 18.1 Å². The standard InChI is InChI=1S/C24H18F3NO5/c1-2-32-21-14-5-3-4-6-15(14)22(33-12-18(26)27)20-19(21)23(30)28(24(20)31)17-8-7-13(9-10-29)11-16(17)25/h3-8,10-11,18H,2,9,12H2,1H3. The van der Waals surface area contributed by atoms with Crippen LogP contribution in [0, 0.1) is 5.82 Å². The van der Waals surface area contributed by atoms with Crippen LogP contribution < -0.4 is 14.4 Å². The summed E-state index contributed by atoms with van der Waals surface area (Å²) in [5.41, 5.74) is -0.410. The lowest BCUT2D eigenvalue weighted by atomic mass is 9.99. The van der Waals surface area contributed by atoms with E-state index in [4.69, 9.17) is 9.47 Å². The number of benzene rings is 3. The van der Waals surface area contributed by atoms with Gasteiger partial charge in [-0.1, -0.05) is 30.3 Å². The Morgan fingerprint density at radius 3 is 2.09 bits per heavy atom. The van der Waals surface area contributed by atoms with Gasteiger partial charge in [0.15, 0.2) is 0 Å². The summed E-state index contributed by atoms with van der Waals surface area (Å²) < 4.78 is 51.8. The molecule has 4 rings (SSSR count). The molecular formula is C24H18F3NO5. The molecule has 0 atom stereocenters. The summed E-state index contributed by atoms with van der Waals surface area (Å²) in [5, 5.41) is 0.706. The molecule has 3 aromatic rings. The highest BCUT2D eigenvalue weighted by molar-refractivity contribution is 6.38. The Balaban J connectivity index is 1.95. The summed E-state index contributed by atoms with van der Waals surface area (Å²) in [6, 6.07) is 10.2. The second-order valence-corrected chi connectivity index (χ2v) is 7.19. The zero-order valence-electron chi connectivity index (χ0n) is 17.4. The highest BCUT2D eigenvalue weighted by Crippen LogP contribution is 2.46. The number of fused-ring (bicyclic) bond motifs is 2. The molecule has 2 amide bonds. The van der Waals surface area contributed by atoms with Crippen molar-refractivity contribution in [2.45, 2.75) is 19.8 Å². The molecule has 0 bridgehead atoms. The van der Waals surface area contributed by atoms with Crippen molar-refractivity contribution in [1.82, 2.24) is 0 Å². The molecule has 0 unspecified atom stereocenters. The predicted octanol–water partition coefficient (Wildman–Crippen LogP) is 4.56. The minimum Gasteiger partial charge on any atom is -0.492 e. The van der Waals surface area contributed by atoms with Gasteiger partial charge in [0.1, 0.15) is 30.2 Å². The number of halogens is 3. The molecule has 9 heteroatoms. The van der Waals surface area contributed by atoms with E-state index in [-0.39, 0.29) is 41.3 Å². The van der Waals surface area contributed by atoms with E-state index in [0.717, 1.165) is 6.07 Å². The van der Waals surface area contributed by atoms with Crippen LogP contribution in [0.1, 0.15) is 33.2 Å². The SMILES string of the molecule is CCOc1c2c(c(OCC(F)F)c3ccccc13)C(=O)N(c1ccc(CC=O)cc1F)C2=O. The number of ether oxygens (including phenoxy) is 2. The zero-order valence-corrected chi connectivity index (χ0v) is 17.4. The molecule has 0 radical (unpaired) electrons.